The van der Waals surface area contributed by atoms with Gasteiger partial charge in [-0.1, -0.05) is 12.1 Å². The van der Waals surface area contributed by atoms with Gasteiger partial charge in [0, 0.05) is 12.1 Å². The summed E-state index contributed by atoms with van der Waals surface area (Å²) in [4.78, 5) is 28.4. The van der Waals surface area contributed by atoms with E-state index in [2.05, 4.69) is 15.6 Å². The molecule has 1 atom stereocenters. The lowest BCUT2D eigenvalue weighted by Crippen LogP contribution is -2.39. The zero-order chi connectivity index (χ0) is 15.5. The van der Waals surface area contributed by atoms with Crippen LogP contribution in [0.2, 0.25) is 0 Å². The summed E-state index contributed by atoms with van der Waals surface area (Å²) in [5.41, 5.74) is 0.891. The third-order valence-corrected chi connectivity index (χ3v) is 4.45. The van der Waals surface area contributed by atoms with Gasteiger partial charge in [-0.2, -0.15) is 0 Å². The molecule has 0 bridgehead atoms. The van der Waals surface area contributed by atoms with Crippen molar-refractivity contribution < 1.29 is 14.3 Å². The third kappa shape index (κ3) is 2.94. The molecule has 114 valence electrons. The molecule has 3 rings (SSSR count). The van der Waals surface area contributed by atoms with Crippen molar-refractivity contribution in [1.29, 1.82) is 0 Å². The van der Waals surface area contributed by atoms with Crippen LogP contribution < -0.4 is 15.4 Å². The Morgan fingerprint density at radius 1 is 1.50 bits per heavy atom. The summed E-state index contributed by atoms with van der Waals surface area (Å²) < 4.78 is 5.18. The van der Waals surface area contributed by atoms with Crippen LogP contribution in [0.15, 0.2) is 30.5 Å². The molecule has 1 aromatic carbocycles. The number of nitrogens with zero attached hydrogens (tertiary/aromatic N) is 1. The molecule has 1 fully saturated rings. The average Bonchev–Trinajstić information content (AvgIpc) is 3.17. The fraction of sp³-hybridized carbons (Fsp3) is 0.267. The molecule has 22 heavy (non-hydrogen) atoms. The van der Waals surface area contributed by atoms with E-state index in [1.54, 1.807) is 7.11 Å². The molecule has 0 saturated carbocycles. The van der Waals surface area contributed by atoms with Gasteiger partial charge in [-0.15, -0.1) is 11.3 Å². The van der Waals surface area contributed by atoms with Crippen molar-refractivity contribution in [2.75, 3.05) is 13.7 Å². The number of amides is 2. The van der Waals surface area contributed by atoms with Gasteiger partial charge in [0.25, 0.3) is 5.91 Å². The second-order valence-corrected chi connectivity index (χ2v) is 5.90. The molecule has 2 aromatic rings. The lowest BCUT2D eigenvalue weighted by molar-refractivity contribution is -0.120. The summed E-state index contributed by atoms with van der Waals surface area (Å²) in [7, 11) is 1.60. The molecule has 1 aliphatic heterocycles. The molecule has 2 amide bonds. The fourth-order valence-corrected chi connectivity index (χ4v) is 3.05. The van der Waals surface area contributed by atoms with Crippen LogP contribution in [0.5, 0.6) is 5.75 Å². The Kier molecular flexibility index (Phi) is 4.06. The summed E-state index contributed by atoms with van der Waals surface area (Å²) in [6, 6.07) is 7.05. The largest absolute Gasteiger partial charge is 0.497 e. The number of hydrogen-bond acceptors (Lipinski definition) is 5. The van der Waals surface area contributed by atoms with Gasteiger partial charge in [0.2, 0.25) is 5.91 Å². The van der Waals surface area contributed by atoms with Crippen molar-refractivity contribution in [3.63, 3.8) is 0 Å². The highest BCUT2D eigenvalue weighted by Gasteiger charge is 2.26. The molecule has 6 nitrogen and oxygen atoms in total. The van der Waals surface area contributed by atoms with Crippen LogP contribution in [-0.2, 0) is 4.79 Å². The van der Waals surface area contributed by atoms with E-state index in [9.17, 15) is 9.59 Å². The van der Waals surface area contributed by atoms with Gasteiger partial charge in [-0.25, -0.2) is 4.98 Å². The van der Waals surface area contributed by atoms with E-state index in [-0.39, 0.29) is 11.8 Å². The van der Waals surface area contributed by atoms with Gasteiger partial charge in [0.1, 0.15) is 21.7 Å². The first-order valence-electron chi connectivity index (χ1n) is 6.86. The van der Waals surface area contributed by atoms with E-state index >= 15 is 0 Å². The van der Waals surface area contributed by atoms with Gasteiger partial charge in [-0.3, -0.25) is 9.59 Å². The van der Waals surface area contributed by atoms with E-state index in [1.165, 1.54) is 17.5 Å². The van der Waals surface area contributed by atoms with Crippen molar-refractivity contribution >= 4 is 23.2 Å². The number of ether oxygens (including phenoxy) is 1. The zero-order valence-electron chi connectivity index (χ0n) is 12.0. The van der Waals surface area contributed by atoms with Crippen LogP contribution in [-0.4, -0.2) is 36.5 Å². The van der Waals surface area contributed by atoms with Gasteiger partial charge < -0.3 is 15.4 Å². The van der Waals surface area contributed by atoms with Gasteiger partial charge in [0.15, 0.2) is 0 Å². The Labute approximate surface area is 131 Å². The van der Waals surface area contributed by atoms with Crippen LogP contribution in [0.4, 0.5) is 0 Å². The molecule has 1 aliphatic rings. The molecule has 7 heteroatoms. The second-order valence-electron chi connectivity index (χ2n) is 4.87. The topological polar surface area (TPSA) is 80.3 Å². The van der Waals surface area contributed by atoms with Crippen molar-refractivity contribution in [3.05, 3.63) is 35.3 Å². The number of carbonyl (C=O) groups excluding carboxylic acids is 2. The van der Waals surface area contributed by atoms with Crippen LogP contribution in [0, 0.1) is 0 Å². The van der Waals surface area contributed by atoms with Crippen molar-refractivity contribution in [1.82, 2.24) is 15.6 Å². The Morgan fingerprint density at radius 3 is 3.09 bits per heavy atom. The minimum atomic E-state index is -0.449. The minimum absolute atomic E-state index is 0.133. The molecular formula is C15H15N3O3S. The summed E-state index contributed by atoms with van der Waals surface area (Å²) in [5, 5.41) is 6.15. The smallest absolute Gasteiger partial charge is 0.263 e. The number of carbonyl (C=O) groups is 2. The summed E-state index contributed by atoms with van der Waals surface area (Å²) in [6.45, 7) is 0.599. The number of thiazole rings is 1. The predicted octanol–water partition coefficient (Wildman–Crippen LogP) is 1.44. The lowest BCUT2D eigenvalue weighted by atomic mass is 10.2. The van der Waals surface area contributed by atoms with Gasteiger partial charge >= 0.3 is 0 Å². The summed E-state index contributed by atoms with van der Waals surface area (Å²) in [6.07, 6.45) is 2.15. The zero-order valence-corrected chi connectivity index (χ0v) is 12.8. The normalized spacial score (nSPS) is 17.1. The Morgan fingerprint density at radius 2 is 2.36 bits per heavy atom. The Balaban J connectivity index is 1.75. The third-order valence-electron chi connectivity index (χ3n) is 3.40. The number of aromatic nitrogens is 1. The van der Waals surface area contributed by atoms with E-state index in [0.29, 0.717) is 17.8 Å². The van der Waals surface area contributed by atoms with Crippen LogP contribution >= 0.6 is 11.3 Å². The highest BCUT2D eigenvalue weighted by atomic mass is 32.1. The van der Waals surface area contributed by atoms with Crippen molar-refractivity contribution in [2.45, 2.75) is 12.5 Å². The molecular weight excluding hydrogens is 302 g/mol. The van der Waals surface area contributed by atoms with Crippen molar-refractivity contribution in [3.8, 4) is 16.3 Å². The molecule has 0 radical (unpaired) electrons. The first kappa shape index (κ1) is 14.5. The minimum Gasteiger partial charge on any atom is -0.497 e. The number of nitrogens with one attached hydrogen (secondary N) is 2. The van der Waals surface area contributed by atoms with Crippen LogP contribution in [0.25, 0.3) is 10.6 Å². The molecule has 1 saturated heterocycles. The molecule has 0 spiro atoms. The first-order valence-corrected chi connectivity index (χ1v) is 7.68. The second kappa shape index (κ2) is 6.15. The first-order chi connectivity index (χ1) is 10.7. The number of benzene rings is 1. The highest BCUT2D eigenvalue weighted by Crippen LogP contribution is 2.27. The summed E-state index contributed by atoms with van der Waals surface area (Å²) >= 11 is 1.29. The molecule has 0 aliphatic carbocycles. The quantitative estimate of drug-likeness (QED) is 0.894. The lowest BCUT2D eigenvalue weighted by Gasteiger charge is -2.07. The molecule has 2 N–H and O–H groups in total. The monoisotopic (exact) mass is 317 g/mol. The van der Waals surface area contributed by atoms with Crippen molar-refractivity contribution in [2.24, 2.45) is 0 Å². The Hall–Kier alpha value is -2.41. The Bertz CT molecular complexity index is 714. The maximum atomic E-state index is 12.2. The SMILES string of the molecule is COc1cccc(-c2ncc(C(=O)NC3CCNC3=O)s2)c1. The maximum absolute atomic E-state index is 12.2. The van der Waals surface area contributed by atoms with Gasteiger partial charge in [0.05, 0.1) is 13.3 Å². The molecule has 2 heterocycles. The predicted molar refractivity (Wildman–Crippen MR) is 83.0 cm³/mol. The van der Waals surface area contributed by atoms with E-state index in [4.69, 9.17) is 4.74 Å². The highest BCUT2D eigenvalue weighted by molar-refractivity contribution is 7.16. The number of hydrogen-bond donors (Lipinski definition) is 2. The fourth-order valence-electron chi connectivity index (χ4n) is 2.23. The van der Waals surface area contributed by atoms with E-state index in [0.717, 1.165) is 16.3 Å². The van der Waals surface area contributed by atoms with E-state index < -0.39 is 6.04 Å². The maximum Gasteiger partial charge on any atom is 0.263 e. The number of rotatable bonds is 4. The standard InChI is InChI=1S/C15H15N3O3S/c1-21-10-4-2-3-9(7-10)15-17-8-12(22-15)14(20)18-11-5-6-16-13(11)19/h2-4,7-8,11H,5-6H2,1H3,(H,16,19)(H,18,20). The summed E-state index contributed by atoms with van der Waals surface area (Å²) in [5.74, 6) is 0.334. The van der Waals surface area contributed by atoms with Crippen LogP contribution in [0.1, 0.15) is 16.1 Å². The van der Waals surface area contributed by atoms with Crippen LogP contribution in [0.3, 0.4) is 0 Å². The molecule has 1 unspecified atom stereocenters. The average molecular weight is 317 g/mol. The molecule has 1 aromatic heterocycles. The van der Waals surface area contributed by atoms with E-state index in [1.807, 2.05) is 24.3 Å². The number of methoxy groups -OCH3 is 1. The van der Waals surface area contributed by atoms with Gasteiger partial charge in [-0.05, 0) is 18.6 Å².